The average molecular weight is 505 g/mol. The highest BCUT2D eigenvalue weighted by molar-refractivity contribution is 9.10. The van der Waals surface area contributed by atoms with Gasteiger partial charge in [-0.1, -0.05) is 66.5 Å². The van der Waals surface area contributed by atoms with Crippen molar-refractivity contribution in [2.24, 2.45) is 0 Å². The normalized spacial score (nSPS) is 12.6. The highest BCUT2D eigenvalue weighted by Crippen LogP contribution is 2.29. The van der Waals surface area contributed by atoms with Crippen LogP contribution in [0.4, 0.5) is 0 Å². The molecule has 0 fully saturated rings. The molecule has 164 valence electrons. The van der Waals surface area contributed by atoms with E-state index in [0.717, 1.165) is 18.4 Å². The molecule has 3 rings (SSSR count). The van der Waals surface area contributed by atoms with Gasteiger partial charge in [-0.3, -0.25) is 9.36 Å². The lowest BCUT2D eigenvalue weighted by Gasteiger charge is -2.23. The number of unbranched alkanes of at least 4 members (excludes halogenated alkanes) is 1. The van der Waals surface area contributed by atoms with Crippen molar-refractivity contribution < 1.29 is 13.5 Å². The molecule has 0 amide bonds. The van der Waals surface area contributed by atoms with Crippen molar-refractivity contribution in [1.82, 2.24) is 9.55 Å². The summed E-state index contributed by atoms with van der Waals surface area (Å²) < 4.78 is 28.7. The summed E-state index contributed by atoms with van der Waals surface area (Å²) in [5.41, 5.74) is 0.126. The van der Waals surface area contributed by atoms with Crippen LogP contribution in [0.3, 0.4) is 0 Å². The van der Waals surface area contributed by atoms with E-state index in [1.165, 1.54) is 16.7 Å². The smallest absolute Gasteiger partial charge is 0.277 e. The molecular formula is C23H25BrN2O4S. The summed E-state index contributed by atoms with van der Waals surface area (Å²) in [4.78, 5) is 17.0. The Labute approximate surface area is 190 Å². The standard InChI is InChI=1S/C23H25BrN2O4S/c1-3-5-11-20-25-22(27)21(31(29,30)18-14-12-17(24)13-15-18)23(28)26(20)19(4-2)16-9-7-6-8-10-16/h6-10,12-15,19,27H,3-5,11H2,1-2H3/t19-/m1/s1. The molecule has 1 aromatic heterocycles. The lowest BCUT2D eigenvalue weighted by atomic mass is 10.0. The fraction of sp³-hybridized carbons (Fsp3) is 0.304. The molecule has 2 aromatic carbocycles. The van der Waals surface area contributed by atoms with Gasteiger partial charge >= 0.3 is 0 Å². The molecule has 1 heterocycles. The predicted octanol–water partition coefficient (Wildman–Crippen LogP) is 4.89. The molecule has 8 heteroatoms. The number of aryl methyl sites for hydroxylation is 1. The third-order valence-electron chi connectivity index (χ3n) is 5.16. The van der Waals surface area contributed by atoms with E-state index in [9.17, 15) is 18.3 Å². The number of halogens is 1. The van der Waals surface area contributed by atoms with Crippen molar-refractivity contribution in [3.05, 3.63) is 80.8 Å². The van der Waals surface area contributed by atoms with Crippen LogP contribution in [0.5, 0.6) is 5.88 Å². The number of benzene rings is 2. The van der Waals surface area contributed by atoms with Crippen molar-refractivity contribution in [2.45, 2.75) is 55.4 Å². The molecule has 0 saturated carbocycles. The molecule has 0 bridgehead atoms. The fourth-order valence-electron chi connectivity index (χ4n) is 3.59. The molecule has 3 aromatic rings. The predicted molar refractivity (Wildman–Crippen MR) is 123 cm³/mol. The first kappa shape index (κ1) is 23.2. The van der Waals surface area contributed by atoms with Crippen LogP contribution in [0.25, 0.3) is 0 Å². The third-order valence-corrected chi connectivity index (χ3v) is 7.47. The van der Waals surface area contributed by atoms with Crippen LogP contribution < -0.4 is 5.56 Å². The maximum atomic E-state index is 13.6. The van der Waals surface area contributed by atoms with Gasteiger partial charge in [-0.15, -0.1) is 0 Å². The van der Waals surface area contributed by atoms with Crippen molar-refractivity contribution in [1.29, 1.82) is 0 Å². The van der Waals surface area contributed by atoms with E-state index >= 15 is 0 Å². The maximum Gasteiger partial charge on any atom is 0.277 e. The van der Waals surface area contributed by atoms with Gasteiger partial charge < -0.3 is 5.11 Å². The van der Waals surface area contributed by atoms with E-state index in [1.807, 2.05) is 44.2 Å². The van der Waals surface area contributed by atoms with Gasteiger partial charge in [0, 0.05) is 10.9 Å². The Hall–Kier alpha value is -2.45. The van der Waals surface area contributed by atoms with Gasteiger partial charge in [0.05, 0.1) is 10.9 Å². The van der Waals surface area contributed by atoms with Crippen LogP contribution in [-0.2, 0) is 16.3 Å². The van der Waals surface area contributed by atoms with E-state index < -0.39 is 32.2 Å². The second kappa shape index (κ2) is 9.78. The Morgan fingerprint density at radius 1 is 1.06 bits per heavy atom. The van der Waals surface area contributed by atoms with E-state index in [-0.39, 0.29) is 4.90 Å². The average Bonchev–Trinajstić information content (AvgIpc) is 2.75. The summed E-state index contributed by atoms with van der Waals surface area (Å²) in [6.07, 6.45) is 2.65. The molecule has 0 saturated heterocycles. The largest absolute Gasteiger partial charge is 0.492 e. The second-order valence-electron chi connectivity index (χ2n) is 7.25. The second-order valence-corrected chi connectivity index (χ2v) is 10.1. The van der Waals surface area contributed by atoms with Crippen LogP contribution in [0.1, 0.15) is 50.5 Å². The van der Waals surface area contributed by atoms with Crippen molar-refractivity contribution in [3.63, 3.8) is 0 Å². The Morgan fingerprint density at radius 2 is 1.71 bits per heavy atom. The zero-order valence-corrected chi connectivity index (χ0v) is 19.9. The van der Waals surface area contributed by atoms with Crippen LogP contribution in [0.15, 0.2) is 73.7 Å². The molecule has 0 unspecified atom stereocenters. The maximum absolute atomic E-state index is 13.6. The van der Waals surface area contributed by atoms with E-state index in [1.54, 1.807) is 12.1 Å². The first-order valence-corrected chi connectivity index (χ1v) is 12.5. The number of sulfone groups is 1. The Kier molecular flexibility index (Phi) is 7.33. The number of hydrogen-bond donors (Lipinski definition) is 1. The minimum Gasteiger partial charge on any atom is -0.492 e. The summed E-state index contributed by atoms with van der Waals surface area (Å²) in [5, 5.41) is 10.6. The lowest BCUT2D eigenvalue weighted by molar-refractivity contribution is 0.406. The molecule has 31 heavy (non-hydrogen) atoms. The summed E-state index contributed by atoms with van der Waals surface area (Å²) >= 11 is 3.27. The summed E-state index contributed by atoms with van der Waals surface area (Å²) in [6, 6.07) is 15.0. The Balaban J connectivity index is 2.29. The van der Waals surface area contributed by atoms with Gasteiger partial charge in [-0.2, -0.15) is 4.98 Å². The summed E-state index contributed by atoms with van der Waals surface area (Å²) in [6.45, 7) is 3.95. The summed E-state index contributed by atoms with van der Waals surface area (Å²) in [5.74, 6) is -0.368. The third kappa shape index (κ3) is 4.75. The number of nitrogens with zero attached hydrogens (tertiary/aromatic N) is 2. The summed E-state index contributed by atoms with van der Waals surface area (Å²) in [7, 11) is -4.27. The number of aromatic nitrogens is 2. The minimum atomic E-state index is -4.27. The molecule has 0 radical (unpaired) electrons. The van der Waals surface area contributed by atoms with Gasteiger partial charge in [0.1, 0.15) is 5.82 Å². The van der Waals surface area contributed by atoms with Crippen molar-refractivity contribution in [2.75, 3.05) is 0 Å². The zero-order chi connectivity index (χ0) is 22.6. The quantitative estimate of drug-likeness (QED) is 0.471. The van der Waals surface area contributed by atoms with E-state index in [4.69, 9.17) is 0 Å². The van der Waals surface area contributed by atoms with Crippen LogP contribution >= 0.6 is 15.9 Å². The monoisotopic (exact) mass is 504 g/mol. The number of aromatic hydroxyl groups is 1. The SMILES string of the molecule is CCCCc1nc(O)c(S(=O)(=O)c2ccc(Br)cc2)c(=O)n1[C@H](CC)c1ccccc1. The Morgan fingerprint density at radius 3 is 2.29 bits per heavy atom. The fourth-order valence-corrected chi connectivity index (χ4v) is 5.20. The van der Waals surface area contributed by atoms with Crippen LogP contribution in [0.2, 0.25) is 0 Å². The van der Waals surface area contributed by atoms with Crippen molar-refractivity contribution >= 4 is 25.8 Å². The van der Waals surface area contributed by atoms with Gasteiger partial charge in [0.25, 0.3) is 5.56 Å². The van der Waals surface area contributed by atoms with Gasteiger partial charge in [-0.05, 0) is 42.7 Å². The first-order valence-electron chi connectivity index (χ1n) is 10.2. The van der Waals surface area contributed by atoms with E-state index in [0.29, 0.717) is 23.1 Å². The zero-order valence-electron chi connectivity index (χ0n) is 17.5. The van der Waals surface area contributed by atoms with Gasteiger partial charge in [-0.25, -0.2) is 8.42 Å². The molecule has 0 aliphatic carbocycles. The number of rotatable bonds is 8. The number of hydrogen-bond acceptors (Lipinski definition) is 5. The highest BCUT2D eigenvalue weighted by atomic mass is 79.9. The highest BCUT2D eigenvalue weighted by Gasteiger charge is 2.31. The van der Waals surface area contributed by atoms with Gasteiger partial charge in [0.2, 0.25) is 15.7 Å². The first-order chi connectivity index (χ1) is 14.8. The molecule has 6 nitrogen and oxygen atoms in total. The molecule has 0 spiro atoms. The van der Waals surface area contributed by atoms with Gasteiger partial charge in [0.15, 0.2) is 4.90 Å². The minimum absolute atomic E-state index is 0.0782. The Bertz CT molecular complexity index is 1210. The molecule has 1 N–H and O–H groups in total. The molecular weight excluding hydrogens is 480 g/mol. The molecule has 1 atom stereocenters. The molecule has 0 aliphatic rings. The van der Waals surface area contributed by atoms with E-state index in [2.05, 4.69) is 20.9 Å². The van der Waals surface area contributed by atoms with Crippen LogP contribution in [0, 0.1) is 0 Å². The topological polar surface area (TPSA) is 89.3 Å². The molecule has 0 aliphatic heterocycles. The van der Waals surface area contributed by atoms with Crippen molar-refractivity contribution in [3.8, 4) is 5.88 Å². The lowest BCUT2D eigenvalue weighted by Crippen LogP contribution is -2.33. The van der Waals surface area contributed by atoms with Crippen LogP contribution in [-0.4, -0.2) is 23.1 Å².